The standard InChI is InChI=1S/C14H11FN2O3/c15-10-4-3-5-11(8-10)17-13(18)9-20-14(19)12-6-1-2-7-16-12/h1-8H,9H2,(H,17,18). The first kappa shape index (κ1) is 13.7. The van der Waals surface area contributed by atoms with E-state index in [0.717, 1.165) is 0 Å². The number of benzene rings is 1. The lowest BCUT2D eigenvalue weighted by Gasteiger charge is -2.06. The molecule has 1 amide bonds. The SMILES string of the molecule is O=C(COC(=O)c1ccccn1)Nc1cccc(F)c1. The Morgan fingerprint density at radius 3 is 2.75 bits per heavy atom. The molecule has 0 unspecified atom stereocenters. The van der Waals surface area contributed by atoms with Crippen molar-refractivity contribution in [2.75, 3.05) is 11.9 Å². The molecule has 0 aliphatic carbocycles. The number of nitrogens with one attached hydrogen (secondary N) is 1. The van der Waals surface area contributed by atoms with Gasteiger partial charge in [0, 0.05) is 11.9 Å². The van der Waals surface area contributed by atoms with Crippen LogP contribution in [-0.2, 0) is 9.53 Å². The van der Waals surface area contributed by atoms with E-state index in [9.17, 15) is 14.0 Å². The average molecular weight is 274 g/mol. The number of pyridine rings is 1. The predicted molar refractivity (Wildman–Crippen MR) is 69.5 cm³/mol. The van der Waals surface area contributed by atoms with Crippen molar-refractivity contribution in [3.63, 3.8) is 0 Å². The minimum absolute atomic E-state index is 0.117. The number of carbonyl (C=O) groups is 2. The largest absolute Gasteiger partial charge is 0.451 e. The number of hydrogen-bond donors (Lipinski definition) is 1. The van der Waals surface area contributed by atoms with Crippen LogP contribution in [-0.4, -0.2) is 23.5 Å². The first-order valence-corrected chi connectivity index (χ1v) is 5.79. The fraction of sp³-hybridized carbons (Fsp3) is 0.0714. The molecule has 5 nitrogen and oxygen atoms in total. The Balaban J connectivity index is 1.85. The predicted octanol–water partition coefficient (Wildman–Crippen LogP) is 2.02. The summed E-state index contributed by atoms with van der Waals surface area (Å²) in [4.78, 5) is 26.9. The highest BCUT2D eigenvalue weighted by atomic mass is 19.1. The normalized spacial score (nSPS) is 9.85. The van der Waals surface area contributed by atoms with Crippen molar-refractivity contribution in [1.29, 1.82) is 0 Å². The van der Waals surface area contributed by atoms with Crippen LogP contribution in [0.3, 0.4) is 0 Å². The number of ether oxygens (including phenoxy) is 1. The third-order valence-electron chi connectivity index (χ3n) is 2.32. The third kappa shape index (κ3) is 3.88. The van der Waals surface area contributed by atoms with Crippen LogP contribution in [0.1, 0.15) is 10.5 Å². The van der Waals surface area contributed by atoms with Gasteiger partial charge in [0.05, 0.1) is 0 Å². The maximum atomic E-state index is 12.9. The van der Waals surface area contributed by atoms with Gasteiger partial charge in [-0.2, -0.15) is 0 Å². The average Bonchev–Trinajstić information content (AvgIpc) is 2.46. The molecule has 6 heteroatoms. The van der Waals surface area contributed by atoms with E-state index in [1.54, 1.807) is 12.1 Å². The fourth-order valence-corrected chi connectivity index (χ4v) is 1.45. The molecule has 2 aromatic rings. The Morgan fingerprint density at radius 1 is 1.20 bits per heavy atom. The third-order valence-corrected chi connectivity index (χ3v) is 2.32. The zero-order valence-electron chi connectivity index (χ0n) is 10.4. The van der Waals surface area contributed by atoms with Gasteiger partial charge in [0.15, 0.2) is 6.61 Å². The molecule has 1 N–H and O–H groups in total. The molecule has 0 spiro atoms. The highest BCUT2D eigenvalue weighted by Crippen LogP contribution is 2.08. The van der Waals surface area contributed by atoms with Gasteiger partial charge < -0.3 is 10.1 Å². The van der Waals surface area contributed by atoms with Crippen LogP contribution in [0.25, 0.3) is 0 Å². The summed E-state index contributed by atoms with van der Waals surface area (Å²) >= 11 is 0. The van der Waals surface area contributed by atoms with Crippen molar-refractivity contribution < 1.29 is 18.7 Å². The second kappa shape index (κ2) is 6.42. The maximum Gasteiger partial charge on any atom is 0.357 e. The van der Waals surface area contributed by atoms with Gasteiger partial charge in [0.2, 0.25) is 0 Å². The number of aromatic nitrogens is 1. The lowest BCUT2D eigenvalue weighted by atomic mass is 10.3. The molecule has 1 aromatic carbocycles. The Bertz CT molecular complexity index is 617. The maximum absolute atomic E-state index is 12.9. The van der Waals surface area contributed by atoms with Gasteiger partial charge in [-0.25, -0.2) is 14.2 Å². The Hall–Kier alpha value is -2.76. The van der Waals surface area contributed by atoms with Gasteiger partial charge in [-0.3, -0.25) is 4.79 Å². The smallest absolute Gasteiger partial charge is 0.357 e. The monoisotopic (exact) mass is 274 g/mol. The molecule has 0 saturated carbocycles. The van der Waals surface area contributed by atoms with Crippen LogP contribution in [0.2, 0.25) is 0 Å². The molecule has 0 fully saturated rings. The molecular weight excluding hydrogens is 263 g/mol. The van der Waals surface area contributed by atoms with Crippen LogP contribution < -0.4 is 5.32 Å². The van der Waals surface area contributed by atoms with E-state index < -0.39 is 24.3 Å². The van der Waals surface area contributed by atoms with Gasteiger partial charge in [0.25, 0.3) is 5.91 Å². The van der Waals surface area contributed by atoms with Crippen LogP contribution >= 0.6 is 0 Å². The van der Waals surface area contributed by atoms with E-state index in [4.69, 9.17) is 4.74 Å². The second-order valence-corrected chi connectivity index (χ2v) is 3.85. The Kier molecular flexibility index (Phi) is 4.39. The highest BCUT2D eigenvalue weighted by molar-refractivity contribution is 5.94. The summed E-state index contributed by atoms with van der Waals surface area (Å²) in [6.07, 6.45) is 1.45. The van der Waals surface area contributed by atoms with Crippen LogP contribution in [0.4, 0.5) is 10.1 Å². The molecule has 0 atom stereocenters. The van der Waals surface area contributed by atoms with E-state index in [1.807, 2.05) is 0 Å². The minimum Gasteiger partial charge on any atom is -0.451 e. The lowest BCUT2D eigenvalue weighted by Crippen LogP contribution is -2.21. The lowest BCUT2D eigenvalue weighted by molar-refractivity contribution is -0.119. The molecule has 0 aliphatic heterocycles. The van der Waals surface area contributed by atoms with Crippen molar-refractivity contribution in [2.45, 2.75) is 0 Å². The van der Waals surface area contributed by atoms with E-state index in [0.29, 0.717) is 5.69 Å². The van der Waals surface area contributed by atoms with E-state index in [2.05, 4.69) is 10.3 Å². The molecule has 0 bridgehead atoms. The summed E-state index contributed by atoms with van der Waals surface area (Å²) in [5, 5.41) is 2.41. The number of hydrogen-bond acceptors (Lipinski definition) is 4. The summed E-state index contributed by atoms with van der Waals surface area (Å²) in [6, 6.07) is 10.2. The van der Waals surface area contributed by atoms with Crippen molar-refractivity contribution in [1.82, 2.24) is 4.98 Å². The number of amides is 1. The molecule has 1 heterocycles. The fourth-order valence-electron chi connectivity index (χ4n) is 1.45. The van der Waals surface area contributed by atoms with Gasteiger partial charge in [0.1, 0.15) is 11.5 Å². The number of rotatable bonds is 4. The van der Waals surface area contributed by atoms with Crippen LogP contribution in [0.15, 0.2) is 48.7 Å². The van der Waals surface area contributed by atoms with Crippen LogP contribution in [0.5, 0.6) is 0 Å². The topological polar surface area (TPSA) is 68.3 Å². The number of anilines is 1. The van der Waals surface area contributed by atoms with Crippen LogP contribution in [0, 0.1) is 5.82 Å². The Labute approximate surface area is 114 Å². The highest BCUT2D eigenvalue weighted by Gasteiger charge is 2.11. The molecular formula is C14H11FN2O3. The molecule has 0 saturated heterocycles. The van der Waals surface area contributed by atoms with Gasteiger partial charge in [-0.05, 0) is 30.3 Å². The van der Waals surface area contributed by atoms with Crippen molar-refractivity contribution >= 4 is 17.6 Å². The van der Waals surface area contributed by atoms with E-state index >= 15 is 0 Å². The van der Waals surface area contributed by atoms with Gasteiger partial charge >= 0.3 is 5.97 Å². The van der Waals surface area contributed by atoms with E-state index in [1.165, 1.54) is 36.5 Å². The van der Waals surface area contributed by atoms with Gasteiger partial charge in [-0.15, -0.1) is 0 Å². The number of nitrogens with zero attached hydrogens (tertiary/aromatic N) is 1. The first-order chi connectivity index (χ1) is 9.65. The number of carbonyl (C=O) groups excluding carboxylic acids is 2. The zero-order chi connectivity index (χ0) is 14.4. The Morgan fingerprint density at radius 2 is 2.05 bits per heavy atom. The van der Waals surface area contributed by atoms with Crippen molar-refractivity contribution in [3.05, 3.63) is 60.2 Å². The molecule has 0 radical (unpaired) electrons. The first-order valence-electron chi connectivity index (χ1n) is 5.79. The zero-order valence-corrected chi connectivity index (χ0v) is 10.4. The summed E-state index contributed by atoms with van der Waals surface area (Å²) in [7, 11) is 0. The number of halogens is 1. The molecule has 20 heavy (non-hydrogen) atoms. The second-order valence-electron chi connectivity index (χ2n) is 3.85. The summed E-state index contributed by atoms with van der Waals surface area (Å²) in [5.41, 5.74) is 0.412. The quantitative estimate of drug-likeness (QED) is 0.866. The molecule has 1 aromatic heterocycles. The summed E-state index contributed by atoms with van der Waals surface area (Å²) in [5.74, 6) is -1.71. The molecule has 102 valence electrons. The van der Waals surface area contributed by atoms with Crippen molar-refractivity contribution in [2.24, 2.45) is 0 Å². The van der Waals surface area contributed by atoms with E-state index in [-0.39, 0.29) is 5.69 Å². The molecule has 0 aliphatic rings. The summed E-state index contributed by atoms with van der Waals surface area (Å²) < 4.78 is 17.7. The molecule has 2 rings (SSSR count). The summed E-state index contributed by atoms with van der Waals surface area (Å²) in [6.45, 7) is -0.466. The van der Waals surface area contributed by atoms with Gasteiger partial charge in [-0.1, -0.05) is 12.1 Å². The number of esters is 1. The van der Waals surface area contributed by atoms with Crippen molar-refractivity contribution in [3.8, 4) is 0 Å². The minimum atomic E-state index is -0.694.